The molecule has 0 N–H and O–H groups in total. The molecule has 1 nitrogen and oxygen atoms in total. The molecule has 0 spiro atoms. The number of rotatable bonds is 3. The number of para-hydroxylation sites is 1. The molecule has 0 heterocycles. The van der Waals surface area contributed by atoms with E-state index in [4.69, 9.17) is 4.74 Å². The Balaban J connectivity index is 1.81. The monoisotopic (exact) mass is 264 g/mol. The van der Waals surface area contributed by atoms with Crippen LogP contribution in [0.4, 0.5) is 4.39 Å². The summed E-state index contributed by atoms with van der Waals surface area (Å²) in [4.78, 5) is 0. The smallest absolute Gasteiger partial charge is 0.127 e. The molecule has 0 amide bonds. The van der Waals surface area contributed by atoms with Gasteiger partial charge in [-0.05, 0) is 47.5 Å². The van der Waals surface area contributed by atoms with Crippen LogP contribution in [0.1, 0.15) is 0 Å². The van der Waals surface area contributed by atoms with E-state index in [-0.39, 0.29) is 5.82 Å². The van der Waals surface area contributed by atoms with E-state index in [0.717, 1.165) is 22.6 Å². The van der Waals surface area contributed by atoms with Gasteiger partial charge in [0.25, 0.3) is 0 Å². The van der Waals surface area contributed by atoms with Crippen molar-refractivity contribution in [2.24, 2.45) is 0 Å². The Morgan fingerprint density at radius 1 is 0.600 bits per heavy atom. The zero-order chi connectivity index (χ0) is 13.8. The van der Waals surface area contributed by atoms with Crippen molar-refractivity contribution in [1.82, 2.24) is 0 Å². The lowest BCUT2D eigenvalue weighted by molar-refractivity contribution is 0.483. The number of halogens is 1. The van der Waals surface area contributed by atoms with Crippen molar-refractivity contribution < 1.29 is 9.13 Å². The molecule has 0 saturated heterocycles. The predicted octanol–water partition coefficient (Wildman–Crippen LogP) is 5.29. The molecular weight excluding hydrogens is 251 g/mol. The van der Waals surface area contributed by atoms with E-state index in [1.807, 2.05) is 60.7 Å². The van der Waals surface area contributed by atoms with Crippen molar-refractivity contribution in [3.63, 3.8) is 0 Å². The van der Waals surface area contributed by atoms with Gasteiger partial charge in [0.2, 0.25) is 0 Å². The van der Waals surface area contributed by atoms with Gasteiger partial charge in [-0.25, -0.2) is 4.39 Å². The van der Waals surface area contributed by atoms with Crippen molar-refractivity contribution in [2.45, 2.75) is 0 Å². The number of hydrogen-bond donors (Lipinski definition) is 0. The molecular formula is C18H13FO. The van der Waals surface area contributed by atoms with Gasteiger partial charge in [-0.15, -0.1) is 0 Å². The van der Waals surface area contributed by atoms with Crippen LogP contribution in [0.25, 0.3) is 11.1 Å². The average molecular weight is 264 g/mol. The third kappa shape index (κ3) is 2.86. The fraction of sp³-hybridized carbons (Fsp3) is 0. The summed E-state index contributed by atoms with van der Waals surface area (Å²) in [6.45, 7) is 0. The fourth-order valence-corrected chi connectivity index (χ4v) is 2.01. The second kappa shape index (κ2) is 5.57. The van der Waals surface area contributed by atoms with Crippen molar-refractivity contribution in [2.75, 3.05) is 0 Å². The maximum absolute atomic E-state index is 13.2. The lowest BCUT2D eigenvalue weighted by Crippen LogP contribution is -1.84. The van der Waals surface area contributed by atoms with Crippen LogP contribution < -0.4 is 4.74 Å². The van der Waals surface area contributed by atoms with Gasteiger partial charge >= 0.3 is 0 Å². The summed E-state index contributed by atoms with van der Waals surface area (Å²) in [5, 5.41) is 0. The molecule has 3 rings (SSSR count). The Labute approximate surface area is 117 Å². The van der Waals surface area contributed by atoms with E-state index in [1.165, 1.54) is 12.1 Å². The van der Waals surface area contributed by atoms with Crippen LogP contribution in [0.3, 0.4) is 0 Å². The molecule has 3 aromatic rings. The van der Waals surface area contributed by atoms with Crippen molar-refractivity contribution in [1.29, 1.82) is 0 Å². The Hall–Kier alpha value is -2.61. The summed E-state index contributed by atoms with van der Waals surface area (Å²) in [7, 11) is 0. The van der Waals surface area contributed by atoms with Crippen LogP contribution in [-0.4, -0.2) is 0 Å². The summed E-state index contributed by atoms with van der Waals surface area (Å²) in [5.74, 6) is 1.33. The Kier molecular flexibility index (Phi) is 3.46. The summed E-state index contributed by atoms with van der Waals surface area (Å²) in [6, 6.07) is 23.8. The van der Waals surface area contributed by atoms with Gasteiger partial charge in [-0.1, -0.05) is 42.5 Å². The molecule has 2 heteroatoms. The number of ether oxygens (including phenoxy) is 1. The molecule has 0 fully saturated rings. The van der Waals surface area contributed by atoms with Crippen molar-refractivity contribution in [3.8, 4) is 22.6 Å². The van der Waals surface area contributed by atoms with Crippen LogP contribution in [0, 0.1) is 5.82 Å². The van der Waals surface area contributed by atoms with E-state index >= 15 is 0 Å². The second-order valence-corrected chi connectivity index (χ2v) is 4.45. The van der Waals surface area contributed by atoms with Gasteiger partial charge < -0.3 is 4.74 Å². The first kappa shape index (κ1) is 12.4. The standard InChI is InChI=1S/C18H13FO/c19-16-6-4-5-15(13-16)14-9-11-18(12-10-14)20-17-7-2-1-3-8-17/h1-13H. The van der Waals surface area contributed by atoms with Crippen LogP contribution in [0.5, 0.6) is 11.5 Å². The lowest BCUT2D eigenvalue weighted by atomic mass is 10.1. The Morgan fingerprint density at radius 2 is 1.30 bits per heavy atom. The van der Waals surface area contributed by atoms with Crippen LogP contribution in [-0.2, 0) is 0 Å². The van der Waals surface area contributed by atoms with Gasteiger partial charge in [0.05, 0.1) is 0 Å². The average Bonchev–Trinajstić information content (AvgIpc) is 2.49. The highest BCUT2D eigenvalue weighted by Gasteiger charge is 2.01. The van der Waals surface area contributed by atoms with Crippen LogP contribution >= 0.6 is 0 Å². The quantitative estimate of drug-likeness (QED) is 0.625. The minimum atomic E-state index is -0.230. The molecule has 3 aromatic carbocycles. The van der Waals surface area contributed by atoms with E-state index in [2.05, 4.69) is 0 Å². The van der Waals surface area contributed by atoms with E-state index in [9.17, 15) is 4.39 Å². The zero-order valence-electron chi connectivity index (χ0n) is 10.8. The van der Waals surface area contributed by atoms with E-state index in [1.54, 1.807) is 6.07 Å². The molecule has 0 bridgehead atoms. The highest BCUT2D eigenvalue weighted by atomic mass is 19.1. The van der Waals surface area contributed by atoms with Crippen LogP contribution in [0.2, 0.25) is 0 Å². The molecule has 0 aliphatic carbocycles. The van der Waals surface area contributed by atoms with Crippen molar-refractivity contribution in [3.05, 3.63) is 84.7 Å². The van der Waals surface area contributed by atoms with Gasteiger partial charge in [-0.2, -0.15) is 0 Å². The van der Waals surface area contributed by atoms with E-state index in [0.29, 0.717) is 0 Å². The minimum absolute atomic E-state index is 0.230. The summed E-state index contributed by atoms with van der Waals surface area (Å²) in [6.07, 6.45) is 0. The first-order valence-electron chi connectivity index (χ1n) is 6.40. The molecule has 0 atom stereocenters. The first-order valence-corrected chi connectivity index (χ1v) is 6.40. The lowest BCUT2D eigenvalue weighted by Gasteiger charge is -2.07. The summed E-state index contributed by atoms with van der Waals surface area (Å²) < 4.78 is 18.9. The molecule has 0 radical (unpaired) electrons. The fourth-order valence-electron chi connectivity index (χ4n) is 2.01. The van der Waals surface area contributed by atoms with Crippen molar-refractivity contribution >= 4 is 0 Å². The van der Waals surface area contributed by atoms with Crippen LogP contribution in [0.15, 0.2) is 78.9 Å². The topological polar surface area (TPSA) is 9.23 Å². The molecule has 0 unspecified atom stereocenters. The maximum atomic E-state index is 13.2. The Bertz CT molecular complexity index is 690. The molecule has 20 heavy (non-hydrogen) atoms. The van der Waals surface area contributed by atoms with E-state index < -0.39 is 0 Å². The van der Waals surface area contributed by atoms with Gasteiger partial charge in [-0.3, -0.25) is 0 Å². The zero-order valence-corrected chi connectivity index (χ0v) is 10.8. The largest absolute Gasteiger partial charge is 0.457 e. The maximum Gasteiger partial charge on any atom is 0.127 e. The number of benzene rings is 3. The first-order chi connectivity index (χ1) is 9.81. The Morgan fingerprint density at radius 3 is 2.00 bits per heavy atom. The molecule has 0 aliphatic heterocycles. The summed E-state index contributed by atoms with van der Waals surface area (Å²) in [5.41, 5.74) is 1.82. The third-order valence-corrected chi connectivity index (χ3v) is 2.99. The highest BCUT2D eigenvalue weighted by Crippen LogP contribution is 2.25. The minimum Gasteiger partial charge on any atom is -0.457 e. The van der Waals surface area contributed by atoms with Gasteiger partial charge in [0.1, 0.15) is 17.3 Å². The normalized spacial score (nSPS) is 10.2. The molecule has 0 saturated carbocycles. The molecule has 0 aromatic heterocycles. The molecule has 98 valence electrons. The summed E-state index contributed by atoms with van der Waals surface area (Å²) >= 11 is 0. The molecule has 0 aliphatic rings. The highest BCUT2D eigenvalue weighted by molar-refractivity contribution is 5.64. The third-order valence-electron chi connectivity index (χ3n) is 2.99. The SMILES string of the molecule is Fc1cccc(-c2ccc(Oc3ccccc3)cc2)c1. The number of hydrogen-bond acceptors (Lipinski definition) is 1. The second-order valence-electron chi connectivity index (χ2n) is 4.45. The van der Waals surface area contributed by atoms with Gasteiger partial charge in [0.15, 0.2) is 0 Å². The predicted molar refractivity (Wildman–Crippen MR) is 78.4 cm³/mol. The van der Waals surface area contributed by atoms with Gasteiger partial charge in [0, 0.05) is 0 Å².